The molecule has 4 rings (SSSR count). The van der Waals surface area contributed by atoms with Gasteiger partial charge in [0.15, 0.2) is 0 Å². The topological polar surface area (TPSA) is 50.1 Å². The molecule has 1 atom stereocenters. The second-order valence-electron chi connectivity index (χ2n) is 7.71. The Bertz CT molecular complexity index is 671. The molecule has 0 spiro atoms. The monoisotopic (exact) mass is 354 g/mol. The summed E-state index contributed by atoms with van der Waals surface area (Å²) in [7, 11) is 0. The molecule has 0 amide bonds. The van der Waals surface area contributed by atoms with E-state index in [1.165, 1.54) is 31.4 Å². The number of likely N-dealkylation sites (tertiary alicyclic amines) is 1. The number of hydrogen-bond acceptors (Lipinski definition) is 5. The van der Waals surface area contributed by atoms with Crippen molar-refractivity contribution >= 4 is 5.82 Å². The molecule has 0 aromatic carbocycles. The van der Waals surface area contributed by atoms with Crippen molar-refractivity contribution in [3.63, 3.8) is 0 Å². The van der Waals surface area contributed by atoms with Gasteiger partial charge in [0.25, 0.3) is 0 Å². The van der Waals surface area contributed by atoms with Crippen LogP contribution in [0.2, 0.25) is 0 Å². The van der Waals surface area contributed by atoms with E-state index in [2.05, 4.69) is 37.9 Å². The third kappa shape index (κ3) is 4.06. The van der Waals surface area contributed by atoms with Crippen molar-refractivity contribution in [1.29, 1.82) is 0 Å². The number of aryl methyl sites for hydroxylation is 1. The molecule has 2 fully saturated rings. The van der Waals surface area contributed by atoms with Gasteiger partial charge in [-0.05, 0) is 58.2 Å². The first-order valence-corrected chi connectivity index (χ1v) is 10.1. The third-order valence-electron chi connectivity index (χ3n) is 6.01. The third-order valence-corrected chi connectivity index (χ3v) is 6.01. The molecule has 0 unspecified atom stereocenters. The molecule has 26 heavy (non-hydrogen) atoms. The van der Waals surface area contributed by atoms with Gasteiger partial charge < -0.3 is 9.80 Å². The molecule has 6 nitrogen and oxygen atoms in total. The highest BCUT2D eigenvalue weighted by Crippen LogP contribution is 2.30. The zero-order valence-electron chi connectivity index (χ0n) is 15.8. The van der Waals surface area contributed by atoms with E-state index < -0.39 is 0 Å². The zero-order valence-corrected chi connectivity index (χ0v) is 15.8. The lowest BCUT2D eigenvalue weighted by atomic mass is 9.92. The van der Waals surface area contributed by atoms with Gasteiger partial charge in [0.2, 0.25) is 0 Å². The van der Waals surface area contributed by atoms with Gasteiger partial charge in [0.1, 0.15) is 12.1 Å². The average Bonchev–Trinajstić information content (AvgIpc) is 3.40. The van der Waals surface area contributed by atoms with Crippen LogP contribution in [0.3, 0.4) is 0 Å². The highest BCUT2D eigenvalue weighted by Gasteiger charge is 2.25. The SMILES string of the molecule is C[C@H](CCn1cccn1)N1CCC(c2cc(N3CCCC3)ncn2)CC1. The lowest BCUT2D eigenvalue weighted by Crippen LogP contribution is -2.40. The van der Waals surface area contributed by atoms with E-state index in [9.17, 15) is 0 Å². The van der Waals surface area contributed by atoms with E-state index in [-0.39, 0.29) is 0 Å². The Kier molecular flexibility index (Phi) is 5.48. The number of aromatic nitrogens is 4. The standard InChI is InChI=1S/C20H30N6/c1-17(5-14-26-11-4-8-23-26)24-12-6-18(7-13-24)19-15-20(22-16-21-19)25-9-2-3-10-25/h4,8,11,15-18H,2-3,5-7,9-10,12-14H2,1H3/t17-/m1/s1. The van der Waals surface area contributed by atoms with Crippen molar-refractivity contribution in [2.45, 2.75) is 57.5 Å². The highest BCUT2D eigenvalue weighted by atomic mass is 15.3. The summed E-state index contributed by atoms with van der Waals surface area (Å²) in [5.74, 6) is 1.71. The smallest absolute Gasteiger partial charge is 0.132 e. The second kappa shape index (κ2) is 8.16. The molecule has 0 N–H and O–H groups in total. The van der Waals surface area contributed by atoms with Gasteiger partial charge in [-0.3, -0.25) is 4.68 Å². The van der Waals surface area contributed by atoms with Gasteiger partial charge in [-0.15, -0.1) is 0 Å². The molecule has 0 radical (unpaired) electrons. The predicted octanol–water partition coefficient (Wildman–Crippen LogP) is 2.93. The quantitative estimate of drug-likeness (QED) is 0.798. The molecule has 0 bridgehead atoms. The van der Waals surface area contributed by atoms with Crippen LogP contribution in [0.15, 0.2) is 30.9 Å². The van der Waals surface area contributed by atoms with Gasteiger partial charge in [0.05, 0.1) is 0 Å². The summed E-state index contributed by atoms with van der Waals surface area (Å²) < 4.78 is 2.03. The Morgan fingerprint density at radius 1 is 1.12 bits per heavy atom. The normalized spacial score (nSPS) is 20.6. The van der Waals surface area contributed by atoms with Gasteiger partial charge in [-0.1, -0.05) is 0 Å². The van der Waals surface area contributed by atoms with E-state index in [0.29, 0.717) is 12.0 Å². The van der Waals surface area contributed by atoms with E-state index in [1.54, 1.807) is 6.33 Å². The first kappa shape index (κ1) is 17.5. The molecule has 4 heterocycles. The summed E-state index contributed by atoms with van der Waals surface area (Å²) >= 11 is 0. The van der Waals surface area contributed by atoms with Gasteiger partial charge in [-0.25, -0.2) is 9.97 Å². The number of hydrogen-bond donors (Lipinski definition) is 0. The summed E-state index contributed by atoms with van der Waals surface area (Å²) in [6.45, 7) is 7.95. The second-order valence-corrected chi connectivity index (χ2v) is 7.71. The van der Waals surface area contributed by atoms with Crippen LogP contribution in [0, 0.1) is 0 Å². The number of rotatable bonds is 6. The minimum absolute atomic E-state index is 0.578. The van der Waals surface area contributed by atoms with Crippen LogP contribution in [0.25, 0.3) is 0 Å². The van der Waals surface area contributed by atoms with Crippen LogP contribution in [-0.2, 0) is 6.54 Å². The molecule has 0 aliphatic carbocycles. The minimum atomic E-state index is 0.578. The fourth-order valence-corrected chi connectivity index (χ4v) is 4.27. The van der Waals surface area contributed by atoms with Crippen molar-refractivity contribution in [2.75, 3.05) is 31.1 Å². The number of piperidine rings is 1. The molecule has 2 aliphatic heterocycles. The van der Waals surface area contributed by atoms with E-state index in [0.717, 1.165) is 45.0 Å². The average molecular weight is 355 g/mol. The van der Waals surface area contributed by atoms with Gasteiger partial charge >= 0.3 is 0 Å². The number of nitrogens with zero attached hydrogens (tertiary/aromatic N) is 6. The molecule has 2 saturated heterocycles. The van der Waals surface area contributed by atoms with Crippen LogP contribution in [0.5, 0.6) is 0 Å². The lowest BCUT2D eigenvalue weighted by Gasteiger charge is -2.36. The maximum absolute atomic E-state index is 4.61. The molecule has 2 aromatic heterocycles. The van der Waals surface area contributed by atoms with Crippen LogP contribution in [-0.4, -0.2) is 56.9 Å². The fraction of sp³-hybridized carbons (Fsp3) is 0.650. The number of anilines is 1. The minimum Gasteiger partial charge on any atom is -0.357 e. The molecule has 6 heteroatoms. The van der Waals surface area contributed by atoms with E-state index >= 15 is 0 Å². The van der Waals surface area contributed by atoms with Crippen molar-refractivity contribution in [2.24, 2.45) is 0 Å². The Labute approximate surface area is 156 Å². The summed E-state index contributed by atoms with van der Waals surface area (Å²) in [5.41, 5.74) is 1.24. The predicted molar refractivity (Wildman–Crippen MR) is 103 cm³/mol. The summed E-state index contributed by atoms with van der Waals surface area (Å²) in [6.07, 6.45) is 11.8. The van der Waals surface area contributed by atoms with Crippen LogP contribution in [0.1, 0.15) is 50.6 Å². The maximum atomic E-state index is 4.61. The zero-order chi connectivity index (χ0) is 17.8. The van der Waals surface area contributed by atoms with Gasteiger partial charge in [-0.2, -0.15) is 5.10 Å². The Morgan fingerprint density at radius 3 is 2.65 bits per heavy atom. The van der Waals surface area contributed by atoms with E-state index in [1.807, 2.05) is 23.1 Å². The maximum Gasteiger partial charge on any atom is 0.132 e. The molecule has 2 aliphatic rings. The van der Waals surface area contributed by atoms with Gasteiger partial charge in [0, 0.05) is 55.7 Å². The summed E-state index contributed by atoms with van der Waals surface area (Å²) in [4.78, 5) is 14.1. The Balaban J connectivity index is 1.29. The largest absolute Gasteiger partial charge is 0.357 e. The van der Waals surface area contributed by atoms with Crippen molar-refractivity contribution in [1.82, 2.24) is 24.6 Å². The van der Waals surface area contributed by atoms with Crippen LogP contribution >= 0.6 is 0 Å². The van der Waals surface area contributed by atoms with Crippen LogP contribution in [0.4, 0.5) is 5.82 Å². The Hall–Kier alpha value is -1.95. The van der Waals surface area contributed by atoms with E-state index in [4.69, 9.17) is 0 Å². The van der Waals surface area contributed by atoms with Crippen molar-refractivity contribution in [3.05, 3.63) is 36.5 Å². The Morgan fingerprint density at radius 2 is 1.92 bits per heavy atom. The molecular weight excluding hydrogens is 324 g/mol. The molecule has 2 aromatic rings. The van der Waals surface area contributed by atoms with Crippen molar-refractivity contribution < 1.29 is 0 Å². The summed E-state index contributed by atoms with van der Waals surface area (Å²) in [5, 5.41) is 4.31. The molecular formula is C20H30N6. The molecule has 140 valence electrons. The molecule has 0 saturated carbocycles. The lowest BCUT2D eigenvalue weighted by molar-refractivity contribution is 0.149. The van der Waals surface area contributed by atoms with Crippen molar-refractivity contribution in [3.8, 4) is 0 Å². The first-order valence-electron chi connectivity index (χ1n) is 10.1. The van der Waals surface area contributed by atoms with Crippen LogP contribution < -0.4 is 4.90 Å². The fourth-order valence-electron chi connectivity index (χ4n) is 4.27. The highest BCUT2D eigenvalue weighted by molar-refractivity contribution is 5.40. The summed E-state index contributed by atoms with van der Waals surface area (Å²) in [6, 6.07) is 4.84. The first-order chi connectivity index (χ1) is 12.8.